The molecule has 1 fully saturated rings. The molecule has 1 unspecified atom stereocenters. The van der Waals surface area contributed by atoms with Crippen molar-refractivity contribution in [1.82, 2.24) is 4.72 Å². The quantitative estimate of drug-likeness (QED) is 0.634. The topological polar surface area (TPSA) is 72.2 Å². The Balaban J connectivity index is 2.30. The Kier molecular flexibility index (Phi) is 3.09. The number of nitrogens with two attached hydrogens (primary N) is 1. The van der Waals surface area contributed by atoms with E-state index in [1.165, 1.54) is 0 Å². The number of sulfonamides is 1. The highest BCUT2D eigenvalue weighted by Gasteiger charge is 2.35. The molecule has 0 aromatic rings. The first-order chi connectivity index (χ1) is 5.56. The van der Waals surface area contributed by atoms with Crippen LogP contribution in [0.2, 0.25) is 0 Å². The average molecular weight is 192 g/mol. The van der Waals surface area contributed by atoms with Gasteiger partial charge in [-0.3, -0.25) is 0 Å². The van der Waals surface area contributed by atoms with Crippen LogP contribution in [0.3, 0.4) is 0 Å². The van der Waals surface area contributed by atoms with Crippen molar-refractivity contribution in [2.24, 2.45) is 5.73 Å². The van der Waals surface area contributed by atoms with E-state index in [0.29, 0.717) is 6.54 Å². The highest BCUT2D eigenvalue weighted by atomic mass is 32.2. The molecule has 1 atom stereocenters. The van der Waals surface area contributed by atoms with E-state index in [4.69, 9.17) is 5.73 Å². The Labute approximate surface area is 73.6 Å². The van der Waals surface area contributed by atoms with Gasteiger partial charge in [0.15, 0.2) is 0 Å². The first-order valence-corrected chi connectivity index (χ1v) is 5.85. The normalized spacial score (nSPS) is 20.8. The highest BCUT2D eigenvalue weighted by molar-refractivity contribution is 7.90. The van der Waals surface area contributed by atoms with Crippen LogP contribution < -0.4 is 10.5 Å². The summed E-state index contributed by atoms with van der Waals surface area (Å²) in [5.41, 5.74) is 5.57. The molecule has 0 heterocycles. The fourth-order valence-electron chi connectivity index (χ4n) is 0.864. The summed E-state index contributed by atoms with van der Waals surface area (Å²) >= 11 is 0. The molecule has 0 saturated heterocycles. The van der Waals surface area contributed by atoms with Gasteiger partial charge in [-0.05, 0) is 19.3 Å². The van der Waals surface area contributed by atoms with Crippen LogP contribution in [-0.4, -0.2) is 26.3 Å². The molecule has 0 radical (unpaired) electrons. The smallest absolute Gasteiger partial charge is 0.214 e. The predicted molar refractivity (Wildman–Crippen MR) is 48.2 cm³/mol. The van der Waals surface area contributed by atoms with Gasteiger partial charge in [0.1, 0.15) is 0 Å². The number of hydrogen-bond acceptors (Lipinski definition) is 3. The third-order valence-corrected chi connectivity index (χ3v) is 3.95. The van der Waals surface area contributed by atoms with E-state index in [1.54, 1.807) is 0 Å². The first-order valence-electron chi connectivity index (χ1n) is 4.30. The van der Waals surface area contributed by atoms with E-state index < -0.39 is 10.0 Å². The molecule has 0 bridgehead atoms. The van der Waals surface area contributed by atoms with Crippen molar-refractivity contribution < 1.29 is 8.42 Å². The highest BCUT2D eigenvalue weighted by Crippen LogP contribution is 2.27. The maximum absolute atomic E-state index is 11.2. The van der Waals surface area contributed by atoms with Gasteiger partial charge >= 0.3 is 0 Å². The second kappa shape index (κ2) is 3.72. The largest absolute Gasteiger partial charge is 0.327 e. The van der Waals surface area contributed by atoms with E-state index in [-0.39, 0.29) is 11.3 Å². The van der Waals surface area contributed by atoms with Gasteiger partial charge in [-0.2, -0.15) is 0 Å². The molecular formula is C7H16N2O2S. The monoisotopic (exact) mass is 192 g/mol. The summed E-state index contributed by atoms with van der Waals surface area (Å²) < 4.78 is 25.0. The average Bonchev–Trinajstić information content (AvgIpc) is 2.82. The predicted octanol–water partition coefficient (Wildman–Crippen LogP) is -0.194. The molecule has 0 aliphatic heterocycles. The van der Waals surface area contributed by atoms with E-state index in [9.17, 15) is 8.42 Å². The van der Waals surface area contributed by atoms with Crippen LogP contribution in [0.4, 0.5) is 0 Å². The molecule has 1 saturated carbocycles. The van der Waals surface area contributed by atoms with Crippen molar-refractivity contribution >= 4 is 10.0 Å². The third-order valence-electron chi connectivity index (χ3n) is 2.03. The van der Waals surface area contributed by atoms with Crippen molar-refractivity contribution in [3.05, 3.63) is 0 Å². The van der Waals surface area contributed by atoms with Crippen molar-refractivity contribution in [2.45, 2.75) is 37.5 Å². The third kappa shape index (κ3) is 2.73. The molecule has 0 aromatic heterocycles. The second-order valence-electron chi connectivity index (χ2n) is 3.26. The summed E-state index contributed by atoms with van der Waals surface area (Å²) in [7, 11) is -3.02. The lowest BCUT2D eigenvalue weighted by molar-refractivity contribution is 0.563. The van der Waals surface area contributed by atoms with Crippen molar-refractivity contribution in [3.63, 3.8) is 0 Å². The molecule has 1 aliphatic carbocycles. The fourth-order valence-corrected chi connectivity index (χ4v) is 2.30. The molecule has 0 amide bonds. The van der Waals surface area contributed by atoms with Crippen LogP contribution >= 0.6 is 0 Å². The Morgan fingerprint density at radius 2 is 2.17 bits per heavy atom. The molecule has 0 aromatic carbocycles. The molecule has 1 rings (SSSR count). The Morgan fingerprint density at radius 1 is 1.58 bits per heavy atom. The molecule has 4 nitrogen and oxygen atoms in total. The van der Waals surface area contributed by atoms with Gasteiger partial charge in [0, 0.05) is 12.6 Å². The van der Waals surface area contributed by atoms with Gasteiger partial charge in [0.05, 0.1) is 5.25 Å². The van der Waals surface area contributed by atoms with Crippen molar-refractivity contribution in [3.8, 4) is 0 Å². The lowest BCUT2D eigenvalue weighted by Gasteiger charge is -2.09. The van der Waals surface area contributed by atoms with Gasteiger partial charge in [-0.1, -0.05) is 6.92 Å². The number of nitrogens with one attached hydrogen (secondary N) is 1. The minimum absolute atomic E-state index is 0.0569. The van der Waals surface area contributed by atoms with E-state index in [1.807, 2.05) is 6.92 Å². The van der Waals surface area contributed by atoms with E-state index in [2.05, 4.69) is 4.72 Å². The summed E-state index contributed by atoms with van der Waals surface area (Å²) in [6, 6.07) is -0.0569. The second-order valence-corrected chi connectivity index (χ2v) is 5.31. The molecule has 3 N–H and O–H groups in total. The summed E-state index contributed by atoms with van der Waals surface area (Å²) in [5.74, 6) is 0. The van der Waals surface area contributed by atoms with Crippen LogP contribution in [0.25, 0.3) is 0 Å². The molecular weight excluding hydrogens is 176 g/mol. The summed E-state index contributed by atoms with van der Waals surface area (Å²) in [6.07, 6.45) is 2.40. The van der Waals surface area contributed by atoms with Crippen molar-refractivity contribution in [1.29, 1.82) is 0 Å². The van der Waals surface area contributed by atoms with Gasteiger partial charge in [0.2, 0.25) is 10.0 Å². The summed E-state index contributed by atoms with van der Waals surface area (Å²) in [6.45, 7) is 2.31. The van der Waals surface area contributed by atoms with E-state index >= 15 is 0 Å². The Bertz CT molecular complexity index is 234. The SMILES string of the molecule is CCC(N)CNS(=O)(=O)C1CC1. The van der Waals surface area contributed by atoms with Crippen LogP contribution in [0.1, 0.15) is 26.2 Å². The molecule has 12 heavy (non-hydrogen) atoms. The fraction of sp³-hybridized carbons (Fsp3) is 1.00. The molecule has 5 heteroatoms. The molecule has 1 aliphatic rings. The minimum Gasteiger partial charge on any atom is -0.327 e. The van der Waals surface area contributed by atoms with Crippen LogP contribution in [0.15, 0.2) is 0 Å². The maximum Gasteiger partial charge on any atom is 0.214 e. The Morgan fingerprint density at radius 3 is 2.58 bits per heavy atom. The van der Waals surface area contributed by atoms with Gasteiger partial charge < -0.3 is 5.73 Å². The van der Waals surface area contributed by atoms with Gasteiger partial charge in [0.25, 0.3) is 0 Å². The molecule has 0 spiro atoms. The zero-order chi connectivity index (χ0) is 9.19. The van der Waals surface area contributed by atoms with Crippen LogP contribution in [0, 0.1) is 0 Å². The zero-order valence-electron chi connectivity index (χ0n) is 7.29. The van der Waals surface area contributed by atoms with Crippen LogP contribution in [0.5, 0.6) is 0 Å². The zero-order valence-corrected chi connectivity index (χ0v) is 8.10. The van der Waals surface area contributed by atoms with Gasteiger partial charge in [-0.15, -0.1) is 0 Å². The van der Waals surface area contributed by atoms with Crippen molar-refractivity contribution in [2.75, 3.05) is 6.54 Å². The van der Waals surface area contributed by atoms with Gasteiger partial charge in [-0.25, -0.2) is 13.1 Å². The maximum atomic E-state index is 11.2. The minimum atomic E-state index is -3.02. The Hall–Kier alpha value is -0.130. The van der Waals surface area contributed by atoms with Crippen LogP contribution in [-0.2, 0) is 10.0 Å². The first kappa shape index (κ1) is 9.95. The lowest BCUT2D eigenvalue weighted by atomic mass is 10.2. The number of hydrogen-bond donors (Lipinski definition) is 2. The number of rotatable bonds is 5. The summed E-state index contributed by atoms with van der Waals surface area (Å²) in [5, 5.41) is -0.137. The summed E-state index contributed by atoms with van der Waals surface area (Å²) in [4.78, 5) is 0. The standard InChI is InChI=1S/C7H16N2O2S/c1-2-6(8)5-9-12(10,11)7-3-4-7/h6-7,9H,2-5,8H2,1H3. The molecule has 72 valence electrons. The lowest BCUT2D eigenvalue weighted by Crippen LogP contribution is -2.38. The van der Waals surface area contributed by atoms with E-state index in [0.717, 1.165) is 19.3 Å².